The van der Waals surface area contributed by atoms with E-state index in [0.717, 1.165) is 10.1 Å². The minimum atomic E-state index is 0. The van der Waals surface area contributed by atoms with Gasteiger partial charge < -0.3 is 0 Å². The summed E-state index contributed by atoms with van der Waals surface area (Å²) in [5, 5.41) is 0. The summed E-state index contributed by atoms with van der Waals surface area (Å²) in [5.41, 5.74) is 0. The molecule has 0 saturated heterocycles. The molecule has 3 radical (unpaired) electrons. The monoisotopic (exact) mass is 307 g/mol. The largest absolute Gasteiger partial charge is 0.0434 e. The quantitative estimate of drug-likeness (QED) is 0.474. The van der Waals surface area contributed by atoms with Gasteiger partial charge in [0.05, 0.1) is 0 Å². The molecule has 6 heteroatoms. The van der Waals surface area contributed by atoms with Gasteiger partial charge in [-0.05, 0) is 10.1 Å². The third-order valence-electron chi connectivity index (χ3n) is 0. The molecule has 6 heavy (non-hydrogen) atoms. The Morgan fingerprint density at radius 1 is 1.17 bits per heavy atom. The van der Waals surface area contributed by atoms with Crippen molar-refractivity contribution >= 4 is 17.6 Å². The summed E-state index contributed by atoms with van der Waals surface area (Å²) in [6, 6.07) is 0. The molecule has 0 aliphatic carbocycles. The van der Waals surface area contributed by atoms with Crippen LogP contribution < -0.4 is 0 Å². The smallest absolute Gasteiger partial charge is 0.0388 e. The minimum Gasteiger partial charge on any atom is -0.0388 e. The summed E-state index contributed by atoms with van der Waals surface area (Å²) in [7, 11) is 5.44. The van der Waals surface area contributed by atoms with Gasteiger partial charge in [0.2, 0.25) is 0 Å². The Morgan fingerprint density at radius 2 is 1.17 bits per heavy atom. The average Bonchev–Trinajstić information content (AvgIpc) is 1.00. The third-order valence-corrected chi connectivity index (χ3v) is 0. The molecule has 0 aromatic carbocycles. The first-order chi connectivity index (χ1) is 1.00. The van der Waals surface area contributed by atoms with Gasteiger partial charge in [0.15, 0.2) is 0 Å². The second-order valence-corrected chi connectivity index (χ2v) is 0. The van der Waals surface area contributed by atoms with Gasteiger partial charge >= 0.3 is 0 Å². The molecule has 0 rings (SSSR count). The Morgan fingerprint density at radius 3 is 1.17 bits per heavy atom. The number of hydrogen-bond acceptors (Lipinski definition) is 0. The van der Waals surface area contributed by atoms with E-state index in [1.165, 1.54) is 0 Å². The normalized spacial score (nSPS) is 1.33. The molecule has 0 aliphatic heterocycles. The Hall–Kier alpha value is 2.53. The van der Waals surface area contributed by atoms with E-state index < -0.39 is 0 Å². The molecule has 0 aromatic rings. The molecule has 0 spiro atoms. The fourth-order valence-electron chi connectivity index (χ4n) is 0. The van der Waals surface area contributed by atoms with Gasteiger partial charge in [-0.1, -0.05) is 0 Å². The summed E-state index contributed by atoms with van der Waals surface area (Å²) >= 11 is 0. The Labute approximate surface area is 88.8 Å². The first kappa shape index (κ1) is 38.8. The van der Waals surface area contributed by atoms with Crippen molar-refractivity contribution in [2.75, 3.05) is 0 Å². The zero-order chi connectivity index (χ0) is 2.00. The maximum absolute atomic E-state index is 4.64. The van der Waals surface area contributed by atoms with Crippen LogP contribution in [0.25, 0.3) is 0 Å². The van der Waals surface area contributed by atoms with E-state index in [9.17, 15) is 0 Å². The fraction of sp³-hybridized carbons (Fsp3) is 0. The molecular weight excluding hydrogens is 302 g/mol. The molecule has 0 unspecified atom stereocenters. The van der Waals surface area contributed by atoms with E-state index in [-0.39, 0.29) is 72.3 Å². The molecule has 0 fully saturated rings. The van der Waals surface area contributed by atoms with Crippen LogP contribution in [0.5, 0.6) is 0 Å². The molecule has 0 nitrogen and oxygen atoms in total. The molecule has 0 aliphatic rings. The van der Waals surface area contributed by atoms with Gasteiger partial charge in [-0.15, -0.1) is 0 Å². The van der Waals surface area contributed by atoms with Crippen LogP contribution in [0.15, 0.2) is 0 Å². The zero-order valence-corrected chi connectivity index (χ0v) is 10.5. The second-order valence-electron chi connectivity index (χ2n) is 0. The molecule has 0 N–H and O–H groups in total. The number of rotatable bonds is 0. The third kappa shape index (κ3) is 31.2. The van der Waals surface area contributed by atoms with Crippen molar-refractivity contribution in [2.45, 2.75) is 0 Å². The van der Waals surface area contributed by atoms with Gasteiger partial charge in [-0.25, -0.2) is 0 Å². The molecule has 0 heterocycles. The topological polar surface area (TPSA) is 0 Å². The van der Waals surface area contributed by atoms with E-state index in [1.54, 1.807) is 0 Å². The van der Waals surface area contributed by atoms with Gasteiger partial charge in [0.1, 0.15) is 0 Å². The molecule has 0 saturated carbocycles. The van der Waals surface area contributed by atoms with Gasteiger partial charge in [-0.3, -0.25) is 0 Å². The van der Waals surface area contributed by atoms with Gasteiger partial charge in [0, 0.05) is 79.7 Å². The van der Waals surface area contributed by atoms with E-state index in [0.29, 0.717) is 0 Å². The maximum Gasteiger partial charge on any atom is 0.0434 e. The summed E-state index contributed by atoms with van der Waals surface area (Å²) in [6.45, 7) is 0. The van der Waals surface area contributed by atoms with E-state index >= 15 is 0 Å². The Bertz CT molecular complexity index is 15.5. The average molecular weight is 305 g/mol. The van der Waals surface area contributed by atoms with Crippen molar-refractivity contribution in [1.29, 1.82) is 0 Å². The predicted octanol–water partition coefficient (Wildman–Crippen LogP) is -1.57. The van der Waals surface area contributed by atoms with Crippen LogP contribution in [-0.2, 0) is 72.3 Å². The van der Waals surface area contributed by atoms with Crippen molar-refractivity contribution in [3.8, 4) is 0 Å². The zero-order valence-electron chi connectivity index (χ0n) is 3.08. The summed E-state index contributed by atoms with van der Waals surface area (Å²) in [5.74, 6) is 0. The molecule has 0 atom stereocenters. The van der Waals surface area contributed by atoms with Gasteiger partial charge in [-0.2, -0.15) is 0 Å². The van der Waals surface area contributed by atoms with Crippen molar-refractivity contribution in [1.82, 2.24) is 0 Å². The van der Waals surface area contributed by atoms with Crippen LogP contribution in [0.4, 0.5) is 0 Å². The SMILES string of the molecule is [B][SiH3].[Co].[Cr].[Fe].[Mo]. The maximum atomic E-state index is 4.64. The van der Waals surface area contributed by atoms with E-state index in [1.807, 2.05) is 0 Å². The van der Waals surface area contributed by atoms with Crippen molar-refractivity contribution in [3.63, 3.8) is 0 Å². The predicted molar refractivity (Wildman–Crippen MR) is 15.7 cm³/mol. The number of hydrogen-bond donors (Lipinski definition) is 0. The van der Waals surface area contributed by atoms with Crippen molar-refractivity contribution < 1.29 is 72.3 Å². The molecule has 0 bridgehead atoms. The molecule has 0 aromatic heterocycles. The van der Waals surface area contributed by atoms with Crippen LogP contribution in [0.1, 0.15) is 0 Å². The van der Waals surface area contributed by atoms with Crippen LogP contribution in [0.3, 0.4) is 0 Å². The van der Waals surface area contributed by atoms with Gasteiger partial charge in [0.25, 0.3) is 0 Å². The first-order valence-electron chi connectivity index (χ1n) is 0.577. The molecule has 0 amide bonds. The Kier molecular flexibility index (Phi) is 325. The molecule has 39 valence electrons. The Balaban J connectivity index is -0.000000000833. The van der Waals surface area contributed by atoms with Crippen LogP contribution in [0.2, 0.25) is 0 Å². The second kappa shape index (κ2) is 50.2. The van der Waals surface area contributed by atoms with E-state index in [4.69, 9.17) is 0 Å². The summed E-state index contributed by atoms with van der Waals surface area (Å²) in [6.07, 6.45) is 0. The minimum absolute atomic E-state index is 0. The van der Waals surface area contributed by atoms with Crippen LogP contribution in [-0.4, -0.2) is 17.6 Å². The molecular formula is H3BCoCrFeMoSi. The summed E-state index contributed by atoms with van der Waals surface area (Å²) < 4.78 is 0. The first-order valence-corrected chi connectivity index (χ1v) is 1.73. The van der Waals surface area contributed by atoms with Crippen LogP contribution >= 0.6 is 0 Å². The van der Waals surface area contributed by atoms with Crippen molar-refractivity contribution in [3.05, 3.63) is 0 Å². The van der Waals surface area contributed by atoms with Crippen LogP contribution in [0, 0.1) is 0 Å². The summed E-state index contributed by atoms with van der Waals surface area (Å²) in [4.78, 5) is 0. The van der Waals surface area contributed by atoms with Crippen molar-refractivity contribution in [2.24, 2.45) is 0 Å². The van der Waals surface area contributed by atoms with E-state index in [2.05, 4.69) is 7.44 Å². The fourth-order valence-corrected chi connectivity index (χ4v) is 0. The standard InChI is InChI=1S/BH3Si.Co.Cr.Fe.Mo/c1-2;;;;/h2H3;;;;.